The van der Waals surface area contributed by atoms with Gasteiger partial charge in [0.1, 0.15) is 10.1 Å². The SMILES string of the molecule is CCc1cccc2c(/C=C3\SC(=S)N(Cc4cccnc4)C3=O)cn(Cc3c(F)cccc3Cl)c12. The van der Waals surface area contributed by atoms with Gasteiger partial charge in [0, 0.05) is 40.1 Å². The lowest BCUT2D eigenvalue weighted by Gasteiger charge is -2.13. The van der Waals surface area contributed by atoms with Gasteiger partial charge in [-0.2, -0.15) is 0 Å². The summed E-state index contributed by atoms with van der Waals surface area (Å²) in [6.45, 7) is 2.75. The summed E-state index contributed by atoms with van der Waals surface area (Å²) in [5, 5.41) is 1.38. The topological polar surface area (TPSA) is 38.1 Å². The van der Waals surface area contributed by atoms with Crippen LogP contribution in [0.1, 0.15) is 29.2 Å². The number of aryl methyl sites for hydroxylation is 1. The normalized spacial score (nSPS) is 15.1. The van der Waals surface area contributed by atoms with Crippen LogP contribution in [0.2, 0.25) is 5.02 Å². The van der Waals surface area contributed by atoms with Crippen molar-refractivity contribution in [2.45, 2.75) is 26.4 Å². The first kappa shape index (κ1) is 23.7. The molecule has 0 radical (unpaired) electrons. The Morgan fingerprint density at radius 2 is 1.97 bits per heavy atom. The molecule has 1 aliphatic heterocycles. The van der Waals surface area contributed by atoms with Gasteiger partial charge in [-0.1, -0.05) is 72.8 Å². The average Bonchev–Trinajstić information content (AvgIpc) is 3.34. The summed E-state index contributed by atoms with van der Waals surface area (Å²) in [6.07, 6.45) is 8.08. The number of carbonyl (C=O) groups excluding carboxylic acids is 1. The molecule has 2 aromatic carbocycles. The fourth-order valence-electron chi connectivity index (χ4n) is 4.30. The molecule has 0 aliphatic carbocycles. The zero-order valence-electron chi connectivity index (χ0n) is 18.9. The van der Waals surface area contributed by atoms with Gasteiger partial charge in [0.05, 0.1) is 23.5 Å². The van der Waals surface area contributed by atoms with Crippen LogP contribution in [0.5, 0.6) is 0 Å². The van der Waals surface area contributed by atoms with Crippen molar-refractivity contribution in [2.24, 2.45) is 0 Å². The first-order chi connectivity index (χ1) is 17.0. The zero-order valence-corrected chi connectivity index (χ0v) is 21.3. The van der Waals surface area contributed by atoms with Crippen molar-refractivity contribution >= 4 is 62.8 Å². The van der Waals surface area contributed by atoms with Crippen molar-refractivity contribution < 1.29 is 9.18 Å². The van der Waals surface area contributed by atoms with Crippen LogP contribution in [0.4, 0.5) is 4.39 Å². The lowest BCUT2D eigenvalue weighted by Crippen LogP contribution is -2.27. The number of carbonyl (C=O) groups is 1. The van der Waals surface area contributed by atoms with Crippen LogP contribution < -0.4 is 0 Å². The van der Waals surface area contributed by atoms with E-state index in [0.717, 1.165) is 34.0 Å². The summed E-state index contributed by atoms with van der Waals surface area (Å²) in [7, 11) is 0. The van der Waals surface area contributed by atoms with Gasteiger partial charge in [0.25, 0.3) is 5.91 Å². The van der Waals surface area contributed by atoms with Crippen molar-refractivity contribution in [1.29, 1.82) is 0 Å². The standard InChI is InChI=1S/C27H21ClFN3OS2/c1-2-18-7-3-8-20-19(15-31(25(18)20)16-21-22(28)9-4-10-23(21)29)12-24-26(33)32(27(34)35-24)14-17-6-5-11-30-13-17/h3-13,15H,2,14,16H2,1H3/b24-12-. The van der Waals surface area contributed by atoms with Crippen molar-refractivity contribution in [3.05, 3.63) is 105 Å². The second-order valence-corrected chi connectivity index (χ2v) is 10.3. The van der Waals surface area contributed by atoms with Crippen LogP contribution in [0, 0.1) is 5.82 Å². The number of nitrogens with zero attached hydrogens (tertiary/aromatic N) is 3. The molecule has 4 nitrogen and oxygen atoms in total. The lowest BCUT2D eigenvalue weighted by atomic mass is 10.1. The maximum Gasteiger partial charge on any atom is 0.266 e. The van der Waals surface area contributed by atoms with Crippen molar-refractivity contribution in [3.8, 4) is 0 Å². The molecule has 1 aliphatic rings. The Labute approximate surface area is 217 Å². The van der Waals surface area contributed by atoms with E-state index in [4.69, 9.17) is 23.8 Å². The van der Waals surface area contributed by atoms with Crippen LogP contribution in [0.3, 0.4) is 0 Å². The highest BCUT2D eigenvalue weighted by atomic mass is 35.5. The molecule has 0 spiro atoms. The summed E-state index contributed by atoms with van der Waals surface area (Å²) in [6, 6.07) is 14.6. The molecule has 1 fully saturated rings. The van der Waals surface area contributed by atoms with Crippen molar-refractivity contribution in [1.82, 2.24) is 14.5 Å². The summed E-state index contributed by atoms with van der Waals surface area (Å²) < 4.78 is 17.1. The summed E-state index contributed by atoms with van der Waals surface area (Å²) in [5.74, 6) is -0.472. The van der Waals surface area contributed by atoms with E-state index >= 15 is 0 Å². The molecule has 0 saturated carbocycles. The molecule has 5 rings (SSSR count). The van der Waals surface area contributed by atoms with Gasteiger partial charge in [-0.15, -0.1) is 0 Å². The minimum atomic E-state index is -0.342. The van der Waals surface area contributed by atoms with E-state index in [2.05, 4.69) is 18.0 Å². The Kier molecular flexibility index (Phi) is 6.73. The maximum absolute atomic E-state index is 14.6. The molecular formula is C27H21ClFN3OS2. The Morgan fingerprint density at radius 1 is 1.14 bits per heavy atom. The van der Waals surface area contributed by atoms with Crippen molar-refractivity contribution in [2.75, 3.05) is 0 Å². The third kappa shape index (κ3) is 4.63. The number of amides is 1. The number of rotatable bonds is 6. The monoisotopic (exact) mass is 521 g/mol. The summed E-state index contributed by atoms with van der Waals surface area (Å²) in [4.78, 5) is 19.5. The highest BCUT2D eigenvalue weighted by Crippen LogP contribution is 2.36. The van der Waals surface area contributed by atoms with E-state index in [9.17, 15) is 9.18 Å². The largest absolute Gasteiger partial charge is 0.342 e. The second kappa shape index (κ2) is 9.93. The summed E-state index contributed by atoms with van der Waals surface area (Å²) in [5.41, 5.74) is 4.37. The van der Waals surface area contributed by atoms with E-state index in [1.54, 1.807) is 29.4 Å². The third-order valence-corrected chi connectivity index (χ3v) is 7.74. The highest BCUT2D eigenvalue weighted by molar-refractivity contribution is 8.26. The van der Waals surface area contributed by atoms with Gasteiger partial charge in [-0.25, -0.2) is 4.39 Å². The number of aromatic nitrogens is 2. The fraction of sp³-hybridized carbons (Fsp3) is 0.148. The molecule has 176 valence electrons. The molecule has 0 N–H and O–H groups in total. The van der Waals surface area contributed by atoms with Crippen LogP contribution in [0.15, 0.2) is 72.0 Å². The number of para-hydroxylation sites is 1. The van der Waals surface area contributed by atoms with E-state index < -0.39 is 0 Å². The van der Waals surface area contributed by atoms with Gasteiger partial charge in [-0.3, -0.25) is 14.7 Å². The lowest BCUT2D eigenvalue weighted by molar-refractivity contribution is -0.122. The molecule has 0 unspecified atom stereocenters. The second-order valence-electron chi connectivity index (χ2n) is 8.21. The predicted molar refractivity (Wildman–Crippen MR) is 145 cm³/mol. The van der Waals surface area contributed by atoms with E-state index in [0.29, 0.717) is 26.4 Å². The molecule has 0 atom stereocenters. The quantitative estimate of drug-likeness (QED) is 0.206. The number of halogens is 2. The van der Waals surface area contributed by atoms with Gasteiger partial charge in [0.15, 0.2) is 0 Å². The molecule has 8 heteroatoms. The summed E-state index contributed by atoms with van der Waals surface area (Å²) >= 11 is 13.1. The van der Waals surface area contributed by atoms with E-state index in [-0.39, 0.29) is 18.3 Å². The number of hydrogen-bond donors (Lipinski definition) is 0. The number of pyridine rings is 1. The molecule has 1 saturated heterocycles. The Bertz CT molecular complexity index is 1460. The smallest absolute Gasteiger partial charge is 0.266 e. The maximum atomic E-state index is 14.6. The molecule has 3 heterocycles. The zero-order chi connectivity index (χ0) is 24.5. The highest BCUT2D eigenvalue weighted by Gasteiger charge is 2.32. The van der Waals surface area contributed by atoms with E-state index in [1.165, 1.54) is 17.8 Å². The Hall–Kier alpha value is -3.00. The number of thioether (sulfide) groups is 1. The van der Waals surface area contributed by atoms with Crippen LogP contribution in [-0.2, 0) is 24.3 Å². The molecular weight excluding hydrogens is 501 g/mol. The van der Waals surface area contributed by atoms with Crippen molar-refractivity contribution in [3.63, 3.8) is 0 Å². The minimum Gasteiger partial charge on any atom is -0.342 e. The van der Waals surface area contributed by atoms with Crippen LogP contribution in [-0.4, -0.2) is 24.7 Å². The number of thiocarbonyl (C=S) groups is 1. The molecule has 35 heavy (non-hydrogen) atoms. The van der Waals surface area contributed by atoms with Crippen LogP contribution >= 0.6 is 35.6 Å². The molecule has 0 bridgehead atoms. The Balaban J connectivity index is 1.55. The fourth-order valence-corrected chi connectivity index (χ4v) is 5.76. The first-order valence-corrected chi connectivity index (χ1v) is 12.7. The van der Waals surface area contributed by atoms with Gasteiger partial charge in [0.2, 0.25) is 0 Å². The number of fused-ring (bicyclic) bond motifs is 1. The number of benzene rings is 2. The predicted octanol–water partition coefficient (Wildman–Crippen LogP) is 6.84. The van der Waals surface area contributed by atoms with Crippen LogP contribution in [0.25, 0.3) is 17.0 Å². The third-order valence-electron chi connectivity index (χ3n) is 6.01. The van der Waals surface area contributed by atoms with Gasteiger partial charge >= 0.3 is 0 Å². The van der Waals surface area contributed by atoms with Gasteiger partial charge < -0.3 is 4.57 Å². The average molecular weight is 522 g/mol. The first-order valence-electron chi connectivity index (χ1n) is 11.1. The molecule has 1 amide bonds. The van der Waals surface area contributed by atoms with Gasteiger partial charge in [-0.05, 0) is 41.8 Å². The molecule has 2 aromatic heterocycles. The van der Waals surface area contributed by atoms with E-state index in [1.807, 2.05) is 41.1 Å². The molecule has 4 aromatic rings. The minimum absolute atomic E-state index is 0.131. The number of hydrogen-bond acceptors (Lipinski definition) is 4. The Morgan fingerprint density at radius 3 is 2.71 bits per heavy atom.